The topological polar surface area (TPSA) is 63.2 Å². The van der Waals surface area contributed by atoms with Crippen LogP contribution in [0.4, 0.5) is 0 Å². The molecule has 0 aromatic heterocycles. The van der Waals surface area contributed by atoms with Gasteiger partial charge in [-0.1, -0.05) is 77.9 Å². The summed E-state index contributed by atoms with van der Waals surface area (Å²) >= 11 is 0. The summed E-state index contributed by atoms with van der Waals surface area (Å²) in [7, 11) is -3.76. The summed E-state index contributed by atoms with van der Waals surface area (Å²) in [6, 6.07) is 22.5. The van der Waals surface area contributed by atoms with E-state index in [1.165, 1.54) is 0 Å². The van der Waals surface area contributed by atoms with E-state index in [1.807, 2.05) is 56.3 Å². The van der Waals surface area contributed by atoms with E-state index in [4.69, 9.17) is 0 Å². The summed E-state index contributed by atoms with van der Waals surface area (Å²) in [6.07, 6.45) is 0.0398. The second-order valence-electron chi connectivity index (χ2n) is 6.89. The van der Waals surface area contributed by atoms with Crippen LogP contribution in [-0.2, 0) is 10.0 Å². The lowest BCUT2D eigenvalue weighted by Gasteiger charge is -2.19. The molecule has 0 aliphatic rings. The molecule has 3 aromatic carbocycles. The second-order valence-corrected chi connectivity index (χ2v) is 8.60. The highest BCUT2D eigenvalue weighted by Gasteiger charge is 2.24. The quantitative estimate of drug-likeness (QED) is 0.597. The van der Waals surface area contributed by atoms with Crippen LogP contribution < -0.4 is 4.72 Å². The van der Waals surface area contributed by atoms with Gasteiger partial charge in [-0.15, -0.1) is 0 Å². The van der Waals surface area contributed by atoms with Gasteiger partial charge in [-0.3, -0.25) is 4.79 Å². The maximum atomic E-state index is 12.9. The average Bonchev–Trinajstić information content (AvgIpc) is 2.69. The smallest absolute Gasteiger partial charge is 0.241 e. The molecule has 144 valence electrons. The number of carbonyl (C=O) groups excluding carboxylic acids is 1. The first-order valence-electron chi connectivity index (χ1n) is 9.09. The van der Waals surface area contributed by atoms with Crippen LogP contribution in [0, 0.1) is 13.8 Å². The fraction of sp³-hybridized carbons (Fsp3) is 0.174. The van der Waals surface area contributed by atoms with Crippen molar-refractivity contribution in [1.29, 1.82) is 0 Å². The van der Waals surface area contributed by atoms with E-state index in [9.17, 15) is 13.2 Å². The number of hydrogen-bond donors (Lipinski definition) is 1. The van der Waals surface area contributed by atoms with Crippen molar-refractivity contribution in [2.45, 2.75) is 31.2 Å². The van der Waals surface area contributed by atoms with Gasteiger partial charge in [0.15, 0.2) is 5.78 Å². The molecular formula is C23H23NO3S. The highest BCUT2D eigenvalue weighted by Crippen LogP contribution is 2.23. The zero-order chi connectivity index (χ0) is 20.1. The molecule has 0 amide bonds. The van der Waals surface area contributed by atoms with Crippen molar-refractivity contribution in [1.82, 2.24) is 4.72 Å². The normalized spacial score (nSPS) is 12.5. The van der Waals surface area contributed by atoms with Crippen molar-refractivity contribution >= 4 is 15.8 Å². The Hall–Kier alpha value is -2.76. The van der Waals surface area contributed by atoms with Gasteiger partial charge in [0.25, 0.3) is 0 Å². The molecule has 0 saturated heterocycles. The van der Waals surface area contributed by atoms with E-state index in [1.54, 1.807) is 36.4 Å². The first-order chi connectivity index (χ1) is 13.3. The zero-order valence-corrected chi connectivity index (χ0v) is 16.7. The molecule has 3 aromatic rings. The minimum Gasteiger partial charge on any atom is -0.294 e. The van der Waals surface area contributed by atoms with Crippen LogP contribution in [0.1, 0.15) is 39.5 Å². The molecule has 0 spiro atoms. The van der Waals surface area contributed by atoms with E-state index < -0.39 is 16.1 Å². The van der Waals surface area contributed by atoms with Crippen molar-refractivity contribution < 1.29 is 13.2 Å². The van der Waals surface area contributed by atoms with Crippen molar-refractivity contribution in [2.75, 3.05) is 0 Å². The number of sulfonamides is 1. The van der Waals surface area contributed by atoms with Crippen LogP contribution in [0.2, 0.25) is 0 Å². The molecule has 0 aliphatic heterocycles. The number of nitrogens with one attached hydrogen (secondary N) is 1. The Balaban J connectivity index is 1.88. The number of hydrogen-bond acceptors (Lipinski definition) is 3. The standard InChI is InChI=1S/C23H23NO3S/c1-17-8-12-20(13-9-17)23(25)16-22(19-6-4-3-5-7-19)24-28(26,27)21-14-10-18(2)11-15-21/h3-15,22,24H,16H2,1-2H3. The van der Waals surface area contributed by atoms with Crippen LogP contribution in [0.15, 0.2) is 83.8 Å². The second kappa shape index (κ2) is 8.50. The fourth-order valence-electron chi connectivity index (χ4n) is 2.93. The molecular weight excluding hydrogens is 370 g/mol. The third-order valence-corrected chi connectivity index (χ3v) is 6.08. The number of ketones is 1. The Morgan fingerprint density at radius 2 is 1.36 bits per heavy atom. The van der Waals surface area contributed by atoms with Gasteiger partial charge in [0.2, 0.25) is 10.0 Å². The number of benzene rings is 3. The van der Waals surface area contributed by atoms with Gasteiger partial charge >= 0.3 is 0 Å². The molecule has 0 aliphatic carbocycles. The molecule has 0 heterocycles. The van der Waals surface area contributed by atoms with E-state index in [2.05, 4.69) is 4.72 Å². The molecule has 1 atom stereocenters. The van der Waals surface area contributed by atoms with E-state index in [0.717, 1.165) is 16.7 Å². The van der Waals surface area contributed by atoms with Gasteiger partial charge in [0, 0.05) is 12.0 Å². The maximum Gasteiger partial charge on any atom is 0.241 e. The summed E-state index contributed by atoms with van der Waals surface area (Å²) in [6.45, 7) is 3.85. The molecule has 0 saturated carbocycles. The van der Waals surface area contributed by atoms with Crippen molar-refractivity contribution in [3.05, 3.63) is 101 Å². The Bertz CT molecular complexity index is 1040. The summed E-state index contributed by atoms with van der Waals surface area (Å²) < 4.78 is 28.4. The van der Waals surface area contributed by atoms with Crippen molar-refractivity contribution in [3.8, 4) is 0 Å². The largest absolute Gasteiger partial charge is 0.294 e. The number of Topliss-reactive ketones (excluding diaryl/α,β-unsaturated/α-hetero) is 1. The van der Waals surface area contributed by atoms with Crippen LogP contribution in [0.3, 0.4) is 0 Å². The van der Waals surface area contributed by atoms with Gasteiger partial charge in [0.1, 0.15) is 0 Å². The molecule has 1 N–H and O–H groups in total. The molecule has 0 radical (unpaired) electrons. The third-order valence-electron chi connectivity index (χ3n) is 4.59. The number of aryl methyl sites for hydroxylation is 2. The molecule has 0 bridgehead atoms. The lowest BCUT2D eigenvalue weighted by Crippen LogP contribution is -2.30. The van der Waals surface area contributed by atoms with Gasteiger partial charge in [-0.05, 0) is 31.5 Å². The summed E-state index contributed by atoms with van der Waals surface area (Å²) in [5, 5.41) is 0. The highest BCUT2D eigenvalue weighted by atomic mass is 32.2. The predicted octanol–water partition coefficient (Wildman–Crippen LogP) is 4.60. The number of rotatable bonds is 7. The lowest BCUT2D eigenvalue weighted by atomic mass is 9.98. The summed E-state index contributed by atoms with van der Waals surface area (Å²) in [4.78, 5) is 13.0. The van der Waals surface area contributed by atoms with E-state index >= 15 is 0 Å². The Morgan fingerprint density at radius 3 is 1.93 bits per heavy atom. The molecule has 5 heteroatoms. The molecule has 4 nitrogen and oxygen atoms in total. The average molecular weight is 394 g/mol. The fourth-order valence-corrected chi connectivity index (χ4v) is 4.15. The van der Waals surface area contributed by atoms with Gasteiger partial charge < -0.3 is 0 Å². The Kier molecular flexibility index (Phi) is 6.07. The minimum atomic E-state index is -3.76. The third kappa shape index (κ3) is 4.94. The van der Waals surface area contributed by atoms with Gasteiger partial charge in [-0.2, -0.15) is 0 Å². The minimum absolute atomic E-state index is 0.0398. The van der Waals surface area contributed by atoms with Crippen LogP contribution in [-0.4, -0.2) is 14.2 Å². The van der Waals surface area contributed by atoms with Crippen LogP contribution in [0.5, 0.6) is 0 Å². The molecule has 1 unspecified atom stereocenters. The summed E-state index contributed by atoms with van der Waals surface area (Å²) in [5.74, 6) is -0.111. The lowest BCUT2D eigenvalue weighted by molar-refractivity contribution is 0.0972. The predicted molar refractivity (Wildman–Crippen MR) is 111 cm³/mol. The molecule has 28 heavy (non-hydrogen) atoms. The van der Waals surface area contributed by atoms with Crippen LogP contribution >= 0.6 is 0 Å². The first kappa shape index (κ1) is 20.0. The molecule has 3 rings (SSSR count). The Morgan fingerprint density at radius 1 is 0.821 bits per heavy atom. The van der Waals surface area contributed by atoms with Crippen molar-refractivity contribution in [3.63, 3.8) is 0 Å². The van der Waals surface area contributed by atoms with Gasteiger partial charge in [-0.25, -0.2) is 13.1 Å². The maximum absolute atomic E-state index is 12.9. The van der Waals surface area contributed by atoms with Gasteiger partial charge in [0.05, 0.1) is 10.9 Å². The van der Waals surface area contributed by atoms with Crippen LogP contribution in [0.25, 0.3) is 0 Å². The Labute approximate surface area is 166 Å². The molecule has 0 fully saturated rings. The van der Waals surface area contributed by atoms with Crippen molar-refractivity contribution in [2.24, 2.45) is 0 Å². The monoisotopic (exact) mass is 393 g/mol. The van der Waals surface area contributed by atoms with E-state index in [0.29, 0.717) is 5.56 Å². The zero-order valence-electron chi connectivity index (χ0n) is 15.9. The first-order valence-corrected chi connectivity index (χ1v) is 10.6. The summed E-state index contributed by atoms with van der Waals surface area (Å²) in [5.41, 5.74) is 3.36. The number of carbonyl (C=O) groups is 1. The van der Waals surface area contributed by atoms with E-state index in [-0.39, 0.29) is 17.1 Å². The SMILES string of the molecule is Cc1ccc(C(=O)CC(NS(=O)(=O)c2ccc(C)cc2)c2ccccc2)cc1. The highest BCUT2D eigenvalue weighted by molar-refractivity contribution is 7.89.